The minimum atomic E-state index is -0.450. The first-order valence-corrected chi connectivity index (χ1v) is 6.65. The van der Waals surface area contributed by atoms with Crippen molar-refractivity contribution in [1.29, 1.82) is 0 Å². The molecule has 0 bridgehead atoms. The van der Waals surface area contributed by atoms with E-state index < -0.39 is 4.92 Å². The summed E-state index contributed by atoms with van der Waals surface area (Å²) in [6.45, 7) is 2.56. The lowest BCUT2D eigenvalue weighted by Crippen LogP contribution is -2.12. The van der Waals surface area contributed by atoms with Crippen LogP contribution >= 0.6 is 11.8 Å². The normalized spacial score (nSPS) is 10.5. The quantitative estimate of drug-likeness (QED) is 0.641. The Morgan fingerprint density at radius 2 is 2.25 bits per heavy atom. The van der Waals surface area contributed by atoms with Crippen LogP contribution in [-0.2, 0) is 7.05 Å². The van der Waals surface area contributed by atoms with Gasteiger partial charge in [-0.05, 0) is 24.8 Å². The Labute approximate surface area is 118 Å². The lowest BCUT2D eigenvalue weighted by molar-refractivity contribution is -0.385. The molecule has 0 fully saturated rings. The zero-order valence-electron chi connectivity index (χ0n) is 10.9. The Morgan fingerprint density at radius 3 is 2.80 bits per heavy atom. The molecule has 0 saturated carbocycles. The molecule has 0 aliphatic heterocycles. The number of nitrogens with one attached hydrogen (secondary N) is 2. The molecule has 2 N–H and O–H groups in total. The van der Waals surface area contributed by atoms with Gasteiger partial charge in [0.05, 0.1) is 4.92 Å². The first-order chi connectivity index (χ1) is 9.51. The molecule has 2 rings (SSSR count). The van der Waals surface area contributed by atoms with Crippen LogP contribution in [0.1, 0.15) is 6.92 Å². The number of nitro benzene ring substituents is 1. The molecule has 1 aromatic carbocycles. The highest BCUT2D eigenvalue weighted by molar-refractivity contribution is 7.99. The van der Waals surface area contributed by atoms with E-state index >= 15 is 0 Å². The maximum Gasteiger partial charge on any atom is 0.343 e. The molecule has 0 aliphatic rings. The number of H-pyrrole nitrogens is 1. The summed E-state index contributed by atoms with van der Waals surface area (Å²) >= 11 is 1.18. The van der Waals surface area contributed by atoms with Crippen molar-refractivity contribution in [1.82, 2.24) is 14.8 Å². The number of benzene rings is 1. The van der Waals surface area contributed by atoms with E-state index in [0.29, 0.717) is 22.3 Å². The SMILES string of the molecule is CCNc1cc(Sc2n[nH]c(=O)n2C)cc([N+](=O)[O-])c1. The second kappa shape index (κ2) is 5.78. The van der Waals surface area contributed by atoms with Crippen LogP contribution in [-0.4, -0.2) is 26.2 Å². The number of aromatic amines is 1. The summed E-state index contributed by atoms with van der Waals surface area (Å²) in [6.07, 6.45) is 0. The lowest BCUT2D eigenvalue weighted by atomic mass is 10.3. The molecule has 1 aromatic heterocycles. The average molecular weight is 295 g/mol. The van der Waals surface area contributed by atoms with E-state index in [1.54, 1.807) is 13.1 Å². The van der Waals surface area contributed by atoms with Gasteiger partial charge in [-0.3, -0.25) is 14.7 Å². The molecule has 0 aliphatic carbocycles. The first kappa shape index (κ1) is 14.1. The molecule has 0 amide bonds. The monoisotopic (exact) mass is 295 g/mol. The highest BCUT2D eigenvalue weighted by atomic mass is 32.2. The van der Waals surface area contributed by atoms with E-state index in [-0.39, 0.29) is 11.4 Å². The molecule has 0 radical (unpaired) electrons. The molecule has 9 heteroatoms. The van der Waals surface area contributed by atoms with Gasteiger partial charge < -0.3 is 5.32 Å². The van der Waals surface area contributed by atoms with Crippen LogP contribution in [0.2, 0.25) is 0 Å². The van der Waals surface area contributed by atoms with Crippen molar-refractivity contribution < 1.29 is 4.92 Å². The number of hydrogen-bond donors (Lipinski definition) is 2. The van der Waals surface area contributed by atoms with Crippen LogP contribution in [0.5, 0.6) is 0 Å². The maximum absolute atomic E-state index is 11.3. The summed E-state index contributed by atoms with van der Waals surface area (Å²) in [7, 11) is 1.58. The van der Waals surface area contributed by atoms with Crippen molar-refractivity contribution in [3.8, 4) is 0 Å². The van der Waals surface area contributed by atoms with Gasteiger partial charge in [-0.25, -0.2) is 9.89 Å². The fraction of sp³-hybridized carbons (Fsp3) is 0.273. The first-order valence-electron chi connectivity index (χ1n) is 5.84. The van der Waals surface area contributed by atoms with Crippen molar-refractivity contribution >= 4 is 23.1 Å². The third kappa shape index (κ3) is 2.99. The van der Waals surface area contributed by atoms with Crippen molar-refractivity contribution in [3.05, 3.63) is 38.8 Å². The van der Waals surface area contributed by atoms with Gasteiger partial charge in [-0.15, -0.1) is 5.10 Å². The largest absolute Gasteiger partial charge is 0.385 e. The van der Waals surface area contributed by atoms with E-state index in [0.717, 1.165) is 0 Å². The van der Waals surface area contributed by atoms with Crippen LogP contribution in [0.15, 0.2) is 33.0 Å². The van der Waals surface area contributed by atoms with E-state index in [1.165, 1.54) is 28.5 Å². The Balaban J connectivity index is 2.37. The van der Waals surface area contributed by atoms with E-state index in [2.05, 4.69) is 15.5 Å². The number of hydrogen-bond acceptors (Lipinski definition) is 6. The van der Waals surface area contributed by atoms with Crippen LogP contribution in [0, 0.1) is 10.1 Å². The second-order valence-corrected chi connectivity index (χ2v) is 5.02. The highest BCUT2D eigenvalue weighted by Crippen LogP contribution is 2.31. The summed E-state index contributed by atoms with van der Waals surface area (Å²) in [5, 5.41) is 20.6. The zero-order valence-corrected chi connectivity index (χ0v) is 11.7. The van der Waals surface area contributed by atoms with E-state index in [4.69, 9.17) is 0 Å². The number of nitro groups is 1. The number of non-ortho nitro benzene ring substituents is 1. The van der Waals surface area contributed by atoms with E-state index in [1.807, 2.05) is 6.92 Å². The second-order valence-electron chi connectivity index (χ2n) is 3.98. The van der Waals surface area contributed by atoms with Gasteiger partial charge in [0.15, 0.2) is 5.16 Å². The number of nitrogens with zero attached hydrogens (tertiary/aromatic N) is 3. The van der Waals surface area contributed by atoms with Crippen molar-refractivity contribution in [3.63, 3.8) is 0 Å². The molecular weight excluding hydrogens is 282 g/mol. The van der Waals surface area contributed by atoms with Gasteiger partial charge in [0.2, 0.25) is 0 Å². The third-order valence-corrected chi connectivity index (χ3v) is 3.55. The lowest BCUT2D eigenvalue weighted by Gasteiger charge is -2.06. The highest BCUT2D eigenvalue weighted by Gasteiger charge is 2.13. The van der Waals surface area contributed by atoms with Gasteiger partial charge in [0.25, 0.3) is 5.69 Å². The molecule has 0 spiro atoms. The van der Waals surface area contributed by atoms with Crippen molar-refractivity contribution in [2.24, 2.45) is 7.05 Å². The van der Waals surface area contributed by atoms with Crippen LogP contribution in [0.3, 0.4) is 0 Å². The fourth-order valence-electron chi connectivity index (χ4n) is 1.58. The van der Waals surface area contributed by atoms with E-state index in [9.17, 15) is 14.9 Å². The van der Waals surface area contributed by atoms with Crippen LogP contribution in [0.25, 0.3) is 0 Å². The summed E-state index contributed by atoms with van der Waals surface area (Å²) in [5.74, 6) is 0. The minimum Gasteiger partial charge on any atom is -0.385 e. The molecule has 106 valence electrons. The molecule has 8 nitrogen and oxygen atoms in total. The molecule has 0 unspecified atom stereocenters. The summed E-state index contributed by atoms with van der Waals surface area (Å²) in [5.41, 5.74) is 0.320. The molecule has 2 aromatic rings. The van der Waals surface area contributed by atoms with Gasteiger partial charge in [0.1, 0.15) is 0 Å². The predicted octanol–water partition coefficient (Wildman–Crippen LogP) is 1.60. The Kier molecular flexibility index (Phi) is 4.08. The number of rotatable bonds is 5. The molecule has 0 saturated heterocycles. The molecular formula is C11H13N5O3S. The van der Waals surface area contributed by atoms with Crippen LogP contribution < -0.4 is 11.0 Å². The number of anilines is 1. The summed E-state index contributed by atoms with van der Waals surface area (Å²) < 4.78 is 1.34. The Hall–Kier alpha value is -2.29. The van der Waals surface area contributed by atoms with Gasteiger partial charge in [-0.2, -0.15) is 0 Å². The standard InChI is InChI=1S/C11H13N5O3S/c1-3-12-7-4-8(16(18)19)6-9(5-7)20-11-14-13-10(17)15(11)2/h4-6,12H,3H2,1-2H3,(H,13,17). The van der Waals surface area contributed by atoms with Crippen molar-refractivity contribution in [2.75, 3.05) is 11.9 Å². The topological polar surface area (TPSA) is 106 Å². The number of aromatic nitrogens is 3. The average Bonchev–Trinajstić information content (AvgIpc) is 2.71. The van der Waals surface area contributed by atoms with Crippen molar-refractivity contribution in [2.45, 2.75) is 17.0 Å². The van der Waals surface area contributed by atoms with Gasteiger partial charge >= 0.3 is 5.69 Å². The summed E-state index contributed by atoms with van der Waals surface area (Å²) in [4.78, 5) is 22.4. The van der Waals surface area contributed by atoms with Gasteiger partial charge in [-0.1, -0.05) is 0 Å². The zero-order chi connectivity index (χ0) is 14.7. The predicted molar refractivity (Wildman–Crippen MR) is 75.2 cm³/mol. The Bertz CT molecular complexity index is 694. The molecule has 1 heterocycles. The molecule has 20 heavy (non-hydrogen) atoms. The Morgan fingerprint density at radius 1 is 1.50 bits per heavy atom. The smallest absolute Gasteiger partial charge is 0.343 e. The summed E-state index contributed by atoms with van der Waals surface area (Å²) in [6, 6.07) is 4.70. The third-order valence-electron chi connectivity index (χ3n) is 2.53. The molecule has 0 atom stereocenters. The van der Waals surface area contributed by atoms with Gasteiger partial charge in [0, 0.05) is 36.3 Å². The van der Waals surface area contributed by atoms with Crippen LogP contribution in [0.4, 0.5) is 11.4 Å². The maximum atomic E-state index is 11.3. The minimum absolute atomic E-state index is 0.00788. The fourth-order valence-corrected chi connectivity index (χ4v) is 2.47.